The summed E-state index contributed by atoms with van der Waals surface area (Å²) in [5.41, 5.74) is 6.39. The quantitative estimate of drug-likeness (QED) is 0.0758. The molecule has 0 aromatic heterocycles. The number of amidine groups is 1. The Morgan fingerprint density at radius 2 is 1.56 bits per heavy atom. The Hall–Kier alpha value is -3.95. The fraction of sp³-hybridized carbons (Fsp3) is 0.406. The van der Waals surface area contributed by atoms with Crippen LogP contribution in [0, 0.1) is 5.41 Å². The SMILES string of the molecule is CC(COC(C)(C)C)OCCCCC(=O)NCCOc1ccc(C(=O)Oc2ccc3cc(C(=N)N)ccc3c2)cc1. The van der Waals surface area contributed by atoms with Gasteiger partial charge in [0.2, 0.25) is 5.91 Å². The van der Waals surface area contributed by atoms with Gasteiger partial charge in [0, 0.05) is 18.6 Å². The molecule has 0 spiro atoms. The molecule has 0 saturated carbocycles. The Kier molecular flexibility index (Phi) is 11.7. The van der Waals surface area contributed by atoms with E-state index in [1.807, 2.05) is 45.9 Å². The lowest BCUT2D eigenvalue weighted by Crippen LogP contribution is -2.28. The first-order valence-electron chi connectivity index (χ1n) is 13.9. The van der Waals surface area contributed by atoms with Gasteiger partial charge in [-0.2, -0.15) is 0 Å². The molecule has 3 aromatic rings. The van der Waals surface area contributed by atoms with Crippen LogP contribution in [0.3, 0.4) is 0 Å². The summed E-state index contributed by atoms with van der Waals surface area (Å²) >= 11 is 0. The molecule has 0 aliphatic heterocycles. The Balaban J connectivity index is 1.31. The number of benzene rings is 3. The lowest BCUT2D eigenvalue weighted by molar-refractivity contribution is -0.121. The van der Waals surface area contributed by atoms with E-state index >= 15 is 0 Å². The topological polar surface area (TPSA) is 133 Å². The van der Waals surface area contributed by atoms with Gasteiger partial charge in [-0.1, -0.05) is 18.2 Å². The highest BCUT2D eigenvalue weighted by atomic mass is 16.5. The summed E-state index contributed by atoms with van der Waals surface area (Å²) in [5, 5.41) is 12.2. The molecule has 0 saturated heterocycles. The zero-order chi connectivity index (χ0) is 29.8. The average Bonchev–Trinajstić information content (AvgIpc) is 2.93. The summed E-state index contributed by atoms with van der Waals surface area (Å²) in [5.74, 6) is 0.498. The van der Waals surface area contributed by atoms with Gasteiger partial charge in [0.05, 0.1) is 30.4 Å². The summed E-state index contributed by atoms with van der Waals surface area (Å²) in [6.45, 7) is 9.87. The van der Waals surface area contributed by atoms with Gasteiger partial charge in [-0.15, -0.1) is 0 Å². The maximum Gasteiger partial charge on any atom is 0.343 e. The minimum atomic E-state index is -0.485. The number of rotatable bonds is 15. The number of hydrogen-bond acceptors (Lipinski definition) is 7. The minimum absolute atomic E-state index is 0.000534. The normalized spacial score (nSPS) is 12.1. The first-order valence-corrected chi connectivity index (χ1v) is 13.9. The number of nitrogen functional groups attached to an aromatic ring is 1. The largest absolute Gasteiger partial charge is 0.492 e. The number of hydrogen-bond donors (Lipinski definition) is 3. The van der Waals surface area contributed by atoms with Crippen molar-refractivity contribution in [3.05, 3.63) is 71.8 Å². The average molecular weight is 564 g/mol. The number of esters is 1. The molecule has 1 unspecified atom stereocenters. The van der Waals surface area contributed by atoms with Gasteiger partial charge in [0.15, 0.2) is 0 Å². The molecular formula is C32H41N3O6. The molecule has 3 rings (SSSR count). The number of amides is 1. The van der Waals surface area contributed by atoms with Gasteiger partial charge in [0.1, 0.15) is 23.9 Å². The van der Waals surface area contributed by atoms with Crippen LogP contribution in [0.5, 0.6) is 11.5 Å². The predicted molar refractivity (Wildman–Crippen MR) is 160 cm³/mol. The molecular weight excluding hydrogens is 522 g/mol. The number of carbonyl (C=O) groups is 2. The first kappa shape index (κ1) is 31.6. The highest BCUT2D eigenvalue weighted by Gasteiger charge is 2.13. The maximum atomic E-state index is 12.6. The van der Waals surface area contributed by atoms with Crippen LogP contribution >= 0.6 is 0 Å². The van der Waals surface area contributed by atoms with Gasteiger partial charge in [0.25, 0.3) is 0 Å². The second-order valence-corrected chi connectivity index (χ2v) is 10.8. The second kappa shape index (κ2) is 15.2. The van der Waals surface area contributed by atoms with Gasteiger partial charge in [-0.25, -0.2) is 4.79 Å². The fourth-order valence-corrected chi connectivity index (χ4v) is 3.84. The van der Waals surface area contributed by atoms with Crippen molar-refractivity contribution in [1.29, 1.82) is 5.41 Å². The van der Waals surface area contributed by atoms with E-state index in [1.54, 1.807) is 42.5 Å². The van der Waals surface area contributed by atoms with E-state index in [2.05, 4.69) is 5.32 Å². The number of unbranched alkanes of at least 4 members (excludes halogenated alkanes) is 1. The molecule has 0 bridgehead atoms. The highest BCUT2D eigenvalue weighted by Crippen LogP contribution is 2.23. The van der Waals surface area contributed by atoms with Crippen molar-refractivity contribution < 1.29 is 28.5 Å². The molecule has 220 valence electrons. The molecule has 0 radical (unpaired) electrons. The van der Waals surface area contributed by atoms with Gasteiger partial charge in [-0.3, -0.25) is 10.2 Å². The van der Waals surface area contributed by atoms with E-state index in [9.17, 15) is 9.59 Å². The van der Waals surface area contributed by atoms with E-state index in [-0.39, 0.29) is 23.4 Å². The third-order valence-corrected chi connectivity index (χ3v) is 6.07. The summed E-state index contributed by atoms with van der Waals surface area (Å²) in [6.07, 6.45) is 2.01. The van der Waals surface area contributed by atoms with E-state index in [0.29, 0.717) is 55.4 Å². The molecule has 9 heteroatoms. The van der Waals surface area contributed by atoms with Crippen molar-refractivity contribution in [1.82, 2.24) is 5.32 Å². The van der Waals surface area contributed by atoms with Gasteiger partial charge >= 0.3 is 5.97 Å². The zero-order valence-corrected chi connectivity index (χ0v) is 24.3. The van der Waals surface area contributed by atoms with Crippen LogP contribution in [-0.4, -0.2) is 55.8 Å². The standard InChI is InChI=1S/C32H41N3O6/c1-22(21-40-32(2,3)4)38-17-6-5-7-29(36)35-16-18-39-27-13-10-23(11-14-27)31(37)41-28-15-12-24-19-26(30(33)34)9-8-25(24)20-28/h8-15,19-20,22H,5-7,16-18,21H2,1-4H3,(H3,33,34)(H,35,36). The first-order chi connectivity index (χ1) is 19.5. The molecule has 4 N–H and O–H groups in total. The monoisotopic (exact) mass is 563 g/mol. The molecule has 0 heterocycles. The van der Waals surface area contributed by atoms with Crippen molar-refractivity contribution in [3.63, 3.8) is 0 Å². The second-order valence-electron chi connectivity index (χ2n) is 10.8. The van der Waals surface area contributed by atoms with Crippen LogP contribution in [0.25, 0.3) is 10.8 Å². The number of fused-ring (bicyclic) bond motifs is 1. The highest BCUT2D eigenvalue weighted by molar-refractivity contribution is 5.99. The molecule has 1 atom stereocenters. The van der Waals surface area contributed by atoms with Gasteiger partial charge in [-0.05, 0) is 93.8 Å². The van der Waals surface area contributed by atoms with E-state index in [0.717, 1.165) is 23.6 Å². The maximum absolute atomic E-state index is 12.6. The number of nitrogens with two attached hydrogens (primary N) is 1. The minimum Gasteiger partial charge on any atom is -0.492 e. The molecule has 3 aromatic carbocycles. The van der Waals surface area contributed by atoms with Crippen LogP contribution in [0.1, 0.15) is 62.9 Å². The van der Waals surface area contributed by atoms with Crippen molar-refractivity contribution in [2.24, 2.45) is 5.73 Å². The van der Waals surface area contributed by atoms with Crippen LogP contribution in [0.15, 0.2) is 60.7 Å². The Bertz CT molecular complexity index is 1320. The molecule has 0 aliphatic rings. The summed E-state index contributed by atoms with van der Waals surface area (Å²) in [4.78, 5) is 24.7. The van der Waals surface area contributed by atoms with E-state index in [1.165, 1.54) is 0 Å². The molecule has 41 heavy (non-hydrogen) atoms. The lowest BCUT2D eigenvalue weighted by Gasteiger charge is -2.22. The van der Waals surface area contributed by atoms with Crippen LogP contribution < -0.4 is 20.5 Å². The number of nitrogens with one attached hydrogen (secondary N) is 2. The van der Waals surface area contributed by atoms with Crippen molar-refractivity contribution in [2.45, 2.75) is 58.7 Å². The Morgan fingerprint density at radius 3 is 2.27 bits per heavy atom. The summed E-state index contributed by atoms with van der Waals surface area (Å²) in [6, 6.07) is 17.3. The smallest absolute Gasteiger partial charge is 0.343 e. The Labute approximate surface area is 241 Å². The fourth-order valence-electron chi connectivity index (χ4n) is 3.84. The molecule has 9 nitrogen and oxygen atoms in total. The van der Waals surface area contributed by atoms with Gasteiger partial charge < -0.3 is 30.0 Å². The van der Waals surface area contributed by atoms with E-state index in [4.69, 9.17) is 30.1 Å². The third kappa shape index (κ3) is 11.2. The number of carbonyl (C=O) groups excluding carboxylic acids is 2. The Morgan fingerprint density at radius 1 is 0.902 bits per heavy atom. The van der Waals surface area contributed by atoms with E-state index < -0.39 is 5.97 Å². The summed E-state index contributed by atoms with van der Waals surface area (Å²) < 4.78 is 22.6. The third-order valence-electron chi connectivity index (χ3n) is 6.07. The summed E-state index contributed by atoms with van der Waals surface area (Å²) in [7, 11) is 0. The van der Waals surface area contributed by atoms with Crippen LogP contribution in [-0.2, 0) is 14.3 Å². The molecule has 0 aliphatic carbocycles. The van der Waals surface area contributed by atoms with Crippen LogP contribution in [0.4, 0.5) is 0 Å². The molecule has 1 amide bonds. The zero-order valence-electron chi connectivity index (χ0n) is 24.3. The predicted octanol–water partition coefficient (Wildman–Crippen LogP) is 5.23. The molecule has 0 fully saturated rings. The lowest BCUT2D eigenvalue weighted by atomic mass is 10.1. The van der Waals surface area contributed by atoms with Crippen molar-refractivity contribution in [3.8, 4) is 11.5 Å². The van der Waals surface area contributed by atoms with Crippen molar-refractivity contribution in [2.75, 3.05) is 26.4 Å². The van der Waals surface area contributed by atoms with Crippen molar-refractivity contribution >= 4 is 28.5 Å². The number of ether oxygens (including phenoxy) is 4. The van der Waals surface area contributed by atoms with Crippen LogP contribution in [0.2, 0.25) is 0 Å².